The first kappa shape index (κ1) is 28.9. The largest absolute Gasteiger partial charge is 0.504 e. The highest BCUT2D eigenvalue weighted by Crippen LogP contribution is 2.54. The first-order valence-electron chi connectivity index (χ1n) is 13.5. The average Bonchev–Trinajstić information content (AvgIpc) is 3.45. The second-order valence-electron chi connectivity index (χ2n) is 10.1. The third-order valence-electron chi connectivity index (χ3n) is 7.67. The van der Waals surface area contributed by atoms with Gasteiger partial charge in [0.2, 0.25) is 17.7 Å². The molecule has 3 aliphatic heterocycles. The zero-order valence-corrected chi connectivity index (χ0v) is 24.5. The Kier molecular flexibility index (Phi) is 7.70. The summed E-state index contributed by atoms with van der Waals surface area (Å²) in [5.74, 6) is -2.91. The fourth-order valence-electron chi connectivity index (χ4n) is 5.64. The van der Waals surface area contributed by atoms with Gasteiger partial charge in [0, 0.05) is 36.0 Å². The first-order valence-corrected chi connectivity index (χ1v) is 15.2. The average molecular weight is 627 g/mol. The lowest BCUT2D eigenvalue weighted by atomic mass is 9.83. The number of carbonyl (C=O) groups excluding carboxylic acids is 3. The molecule has 0 saturated carbocycles. The van der Waals surface area contributed by atoms with Crippen molar-refractivity contribution < 1.29 is 33.9 Å². The van der Waals surface area contributed by atoms with Crippen LogP contribution in [0.3, 0.4) is 0 Å². The third-order valence-corrected chi connectivity index (χ3v) is 10.3. The zero-order valence-electron chi connectivity index (χ0n) is 22.8. The van der Waals surface area contributed by atoms with Gasteiger partial charge in [0.25, 0.3) is 5.69 Å². The van der Waals surface area contributed by atoms with Crippen molar-refractivity contribution in [1.29, 1.82) is 0 Å². The monoisotopic (exact) mass is 626 g/mol. The quantitative estimate of drug-likeness (QED) is 0.234. The highest BCUT2D eigenvalue weighted by atomic mass is 32.2. The summed E-state index contributed by atoms with van der Waals surface area (Å²) in [6, 6.07) is 9.81. The van der Waals surface area contributed by atoms with Gasteiger partial charge in [-0.3, -0.25) is 33.9 Å². The van der Waals surface area contributed by atoms with E-state index in [-0.39, 0.29) is 46.8 Å². The van der Waals surface area contributed by atoms with Crippen molar-refractivity contribution in [3.05, 3.63) is 72.7 Å². The molecule has 0 spiro atoms. The molecule has 2 saturated heterocycles. The predicted octanol–water partition coefficient (Wildman–Crippen LogP) is 2.58. The third kappa shape index (κ3) is 5.06. The number of imide groups is 1. The number of benzene rings is 2. The number of nitro benzene ring substituents is 1. The topological polar surface area (TPSA) is 162 Å². The molecule has 2 fully saturated rings. The van der Waals surface area contributed by atoms with E-state index in [0.29, 0.717) is 41.8 Å². The van der Waals surface area contributed by atoms with Crippen molar-refractivity contribution in [1.82, 2.24) is 9.47 Å². The number of ether oxygens (including phenoxy) is 2. The highest BCUT2D eigenvalue weighted by molar-refractivity contribution is 8.00. The Morgan fingerprint density at radius 1 is 1.12 bits per heavy atom. The molecular formula is C28H26N4O9S2. The fraction of sp³-hybridized carbons (Fsp3) is 0.357. The summed E-state index contributed by atoms with van der Waals surface area (Å²) in [6.07, 6.45) is 0. The van der Waals surface area contributed by atoms with Crippen LogP contribution in [0.1, 0.15) is 23.3 Å². The van der Waals surface area contributed by atoms with Crippen LogP contribution >= 0.6 is 23.1 Å². The van der Waals surface area contributed by atoms with Crippen LogP contribution in [0.15, 0.2) is 52.3 Å². The van der Waals surface area contributed by atoms with Gasteiger partial charge in [0.1, 0.15) is 11.8 Å². The lowest BCUT2D eigenvalue weighted by Gasteiger charge is -2.31. The number of phenolic OH excluding ortho intramolecular Hbond substituents is 1. The Hall–Kier alpha value is -4.21. The van der Waals surface area contributed by atoms with Crippen molar-refractivity contribution >= 4 is 52.2 Å². The molecule has 224 valence electrons. The van der Waals surface area contributed by atoms with E-state index >= 15 is 0 Å². The van der Waals surface area contributed by atoms with Crippen molar-refractivity contribution in [3.8, 4) is 11.5 Å². The molecule has 6 rings (SSSR count). The number of rotatable bonds is 7. The number of fused-ring (bicyclic) bond motifs is 2. The van der Waals surface area contributed by atoms with Gasteiger partial charge >= 0.3 is 4.87 Å². The van der Waals surface area contributed by atoms with Gasteiger partial charge in [0.15, 0.2) is 11.5 Å². The van der Waals surface area contributed by atoms with Crippen molar-refractivity contribution in [2.45, 2.75) is 29.7 Å². The second kappa shape index (κ2) is 11.5. The predicted molar refractivity (Wildman–Crippen MR) is 156 cm³/mol. The fourth-order valence-corrected chi connectivity index (χ4v) is 8.41. The van der Waals surface area contributed by atoms with E-state index in [1.165, 1.54) is 34.9 Å². The Balaban J connectivity index is 1.44. The number of amides is 3. The number of hydrogen-bond acceptors (Lipinski definition) is 11. The van der Waals surface area contributed by atoms with Crippen LogP contribution in [0.4, 0.5) is 11.4 Å². The molecule has 43 heavy (non-hydrogen) atoms. The lowest BCUT2D eigenvalue weighted by Crippen LogP contribution is -2.43. The van der Waals surface area contributed by atoms with E-state index in [1.54, 1.807) is 24.0 Å². The first-order chi connectivity index (χ1) is 20.7. The number of non-ortho nitro benzene ring substituents is 1. The van der Waals surface area contributed by atoms with Crippen LogP contribution in [0.25, 0.3) is 0 Å². The number of phenols is 1. The van der Waals surface area contributed by atoms with Crippen LogP contribution < -0.4 is 14.5 Å². The minimum absolute atomic E-state index is 0.101. The summed E-state index contributed by atoms with van der Waals surface area (Å²) in [6.45, 7) is 3.43. The van der Waals surface area contributed by atoms with Gasteiger partial charge in [-0.05, 0) is 36.8 Å². The summed E-state index contributed by atoms with van der Waals surface area (Å²) in [5, 5.41) is 21.0. The van der Waals surface area contributed by atoms with E-state index in [2.05, 4.69) is 0 Å². The second-order valence-corrected chi connectivity index (χ2v) is 12.2. The Morgan fingerprint density at radius 3 is 2.51 bits per heavy atom. The van der Waals surface area contributed by atoms with Crippen molar-refractivity contribution in [2.75, 3.05) is 37.8 Å². The van der Waals surface area contributed by atoms with Crippen LogP contribution in [0, 0.1) is 16.0 Å². The number of thiazole rings is 1. The normalized spacial score (nSPS) is 21.5. The molecule has 4 heterocycles. The molecule has 0 unspecified atom stereocenters. The Labute approximate surface area is 252 Å². The molecule has 2 aromatic carbocycles. The Morgan fingerprint density at radius 2 is 1.84 bits per heavy atom. The Bertz CT molecular complexity index is 1680. The molecule has 0 radical (unpaired) electrons. The molecule has 1 aromatic heterocycles. The maximum atomic E-state index is 14.0. The summed E-state index contributed by atoms with van der Waals surface area (Å²) < 4.78 is 12.3. The molecule has 1 N–H and O–H groups in total. The maximum absolute atomic E-state index is 14.0. The molecule has 15 heteroatoms. The molecule has 3 aliphatic rings. The molecular weight excluding hydrogens is 600 g/mol. The van der Waals surface area contributed by atoms with E-state index in [9.17, 15) is 34.4 Å². The molecule has 0 aliphatic carbocycles. The number of thioether (sulfide) groups is 1. The van der Waals surface area contributed by atoms with Gasteiger partial charge < -0.3 is 19.5 Å². The van der Waals surface area contributed by atoms with Gasteiger partial charge in [-0.25, -0.2) is 4.90 Å². The number of hydrogen-bond donors (Lipinski definition) is 1. The van der Waals surface area contributed by atoms with E-state index in [1.807, 2.05) is 0 Å². The minimum Gasteiger partial charge on any atom is -0.504 e. The van der Waals surface area contributed by atoms with E-state index in [0.717, 1.165) is 28.0 Å². The molecule has 3 atom stereocenters. The molecule has 3 aromatic rings. The number of aromatic hydroxyl groups is 1. The van der Waals surface area contributed by atoms with Crippen LogP contribution in [0.2, 0.25) is 0 Å². The van der Waals surface area contributed by atoms with Gasteiger partial charge in [0.05, 0.1) is 41.4 Å². The lowest BCUT2D eigenvalue weighted by molar-refractivity contribution is -0.384. The van der Waals surface area contributed by atoms with E-state index in [4.69, 9.17) is 9.47 Å². The van der Waals surface area contributed by atoms with Crippen LogP contribution in [-0.2, 0) is 25.7 Å². The molecule has 3 amide bonds. The minimum atomic E-state index is -0.941. The van der Waals surface area contributed by atoms with Crippen molar-refractivity contribution in [3.63, 3.8) is 0 Å². The number of nitro groups is 1. The number of nitrogens with zero attached hydrogens (tertiary/aromatic N) is 4. The summed E-state index contributed by atoms with van der Waals surface area (Å²) >= 11 is 1.99. The van der Waals surface area contributed by atoms with Crippen LogP contribution in [0.5, 0.6) is 11.5 Å². The summed E-state index contributed by atoms with van der Waals surface area (Å²) in [7, 11) is 0. The highest BCUT2D eigenvalue weighted by Gasteiger charge is 2.57. The summed E-state index contributed by atoms with van der Waals surface area (Å²) in [4.78, 5) is 67.8. The van der Waals surface area contributed by atoms with Crippen LogP contribution in [-0.4, -0.2) is 75.4 Å². The smallest absolute Gasteiger partial charge is 0.308 e. The van der Waals surface area contributed by atoms with Gasteiger partial charge in [-0.2, -0.15) is 0 Å². The number of anilines is 1. The SMILES string of the molecule is CCOc1cc([C@@H]2c3sc(=O)n(CC(=O)N4CCOCC4)c3S[C@@H]3C(=O)N(c4ccc([N+](=O)[O-])cc4)C(=O)[C@H]23)ccc1O. The number of aromatic nitrogens is 1. The molecule has 0 bridgehead atoms. The number of morpholine rings is 1. The maximum Gasteiger partial charge on any atom is 0.308 e. The van der Waals surface area contributed by atoms with Gasteiger partial charge in [-0.1, -0.05) is 29.2 Å². The van der Waals surface area contributed by atoms with Gasteiger partial charge in [-0.15, -0.1) is 0 Å². The van der Waals surface area contributed by atoms with Crippen molar-refractivity contribution in [2.24, 2.45) is 5.92 Å². The summed E-state index contributed by atoms with van der Waals surface area (Å²) in [5.41, 5.74) is 0.562. The number of carbonyl (C=O) groups is 3. The van der Waals surface area contributed by atoms with E-state index < -0.39 is 33.8 Å². The standard InChI is InChI=1S/C28H26N4O9S2/c1-2-41-19-13-15(3-8-18(19)33)21-22-23(26(36)31(25(22)35)16-4-6-17(7-5-16)32(38)39)42-27-24(21)43-28(37)30(27)14-20(34)29-9-11-40-12-10-29/h3-8,13,21-23,33H,2,9-12,14H2,1H3/t21-,22+,23-/m0/s1. The zero-order chi connectivity index (χ0) is 30.4. The molecule has 13 nitrogen and oxygen atoms in total.